The quantitative estimate of drug-likeness (QED) is 0.639. The van der Waals surface area contributed by atoms with Gasteiger partial charge in [-0.25, -0.2) is 4.98 Å². The molecule has 2 aromatic carbocycles. The molecular weight excluding hydrogens is 350 g/mol. The summed E-state index contributed by atoms with van der Waals surface area (Å²) < 4.78 is 2.17. The van der Waals surface area contributed by atoms with Crippen LogP contribution in [0.15, 0.2) is 48.5 Å². The highest BCUT2D eigenvalue weighted by Gasteiger charge is 2.11. The van der Waals surface area contributed by atoms with Crippen molar-refractivity contribution in [3.63, 3.8) is 0 Å². The minimum atomic E-state index is -0.0449. The summed E-state index contributed by atoms with van der Waals surface area (Å²) in [5, 5.41) is 12.4. The molecule has 26 heavy (non-hydrogen) atoms. The predicted molar refractivity (Wildman–Crippen MR) is 103 cm³/mol. The molecule has 6 heteroatoms. The third-order valence-electron chi connectivity index (χ3n) is 4.20. The summed E-state index contributed by atoms with van der Waals surface area (Å²) in [6.45, 7) is 1.22. The normalized spacial score (nSPS) is 11.0. The average Bonchev–Trinajstić information content (AvgIpc) is 2.98. The lowest BCUT2D eigenvalue weighted by Crippen LogP contribution is -2.26. The van der Waals surface area contributed by atoms with Gasteiger partial charge in [-0.2, -0.15) is 0 Å². The number of aliphatic hydroxyl groups is 1. The number of hydrogen-bond donors (Lipinski definition) is 2. The summed E-state index contributed by atoms with van der Waals surface area (Å²) in [7, 11) is 0. The van der Waals surface area contributed by atoms with Gasteiger partial charge in [0.05, 0.1) is 11.0 Å². The van der Waals surface area contributed by atoms with E-state index in [9.17, 15) is 4.79 Å². The van der Waals surface area contributed by atoms with E-state index in [1.54, 1.807) is 0 Å². The smallest absolute Gasteiger partial charge is 0.220 e. The molecule has 1 aromatic heterocycles. The highest BCUT2D eigenvalue weighted by molar-refractivity contribution is 6.30. The van der Waals surface area contributed by atoms with Gasteiger partial charge in [-0.15, -0.1) is 0 Å². The van der Waals surface area contributed by atoms with E-state index in [0.29, 0.717) is 37.4 Å². The van der Waals surface area contributed by atoms with E-state index in [-0.39, 0.29) is 12.5 Å². The van der Waals surface area contributed by atoms with E-state index in [2.05, 4.69) is 16.0 Å². The second kappa shape index (κ2) is 8.83. The lowest BCUT2D eigenvalue weighted by Gasteiger charge is -2.10. The van der Waals surface area contributed by atoms with E-state index >= 15 is 0 Å². The van der Waals surface area contributed by atoms with Gasteiger partial charge in [0.2, 0.25) is 5.91 Å². The number of halogens is 1. The monoisotopic (exact) mass is 371 g/mol. The van der Waals surface area contributed by atoms with Gasteiger partial charge in [-0.3, -0.25) is 4.79 Å². The zero-order chi connectivity index (χ0) is 18.4. The number of benzene rings is 2. The Balaban J connectivity index is 1.77. The number of hydrogen-bond acceptors (Lipinski definition) is 3. The van der Waals surface area contributed by atoms with E-state index in [4.69, 9.17) is 21.7 Å². The summed E-state index contributed by atoms with van der Waals surface area (Å²) in [6, 6.07) is 15.8. The van der Waals surface area contributed by atoms with Crippen LogP contribution in [0.2, 0.25) is 5.02 Å². The van der Waals surface area contributed by atoms with Gasteiger partial charge in [0.25, 0.3) is 0 Å². The first-order valence-electron chi connectivity index (χ1n) is 8.73. The van der Waals surface area contributed by atoms with Crippen LogP contribution in [0.25, 0.3) is 11.0 Å². The van der Waals surface area contributed by atoms with Crippen LogP contribution in [-0.2, 0) is 17.8 Å². The molecule has 1 amide bonds. The molecule has 0 bridgehead atoms. The van der Waals surface area contributed by atoms with Crippen molar-refractivity contribution < 1.29 is 9.90 Å². The molecule has 0 atom stereocenters. The zero-order valence-corrected chi connectivity index (χ0v) is 15.2. The summed E-state index contributed by atoms with van der Waals surface area (Å²) in [6.07, 6.45) is 1.47. The maximum atomic E-state index is 11.7. The molecule has 0 fully saturated rings. The van der Waals surface area contributed by atoms with E-state index in [1.165, 1.54) is 0 Å². The number of aliphatic hydroxyl groups excluding tert-OH is 1. The highest BCUT2D eigenvalue weighted by atomic mass is 35.5. The SMILES string of the molecule is O=C(CCCO)NCCc1nc2ccccc2n1Cc1cccc(Cl)c1. The molecule has 0 saturated carbocycles. The van der Waals surface area contributed by atoms with E-state index < -0.39 is 0 Å². The third kappa shape index (κ3) is 4.62. The molecule has 0 saturated heterocycles. The maximum Gasteiger partial charge on any atom is 0.220 e. The maximum absolute atomic E-state index is 11.7. The molecule has 0 aliphatic carbocycles. The molecule has 136 valence electrons. The van der Waals surface area contributed by atoms with Crippen LogP contribution in [0.3, 0.4) is 0 Å². The van der Waals surface area contributed by atoms with Crippen LogP contribution < -0.4 is 5.32 Å². The van der Waals surface area contributed by atoms with Crippen LogP contribution in [-0.4, -0.2) is 33.7 Å². The first-order chi connectivity index (χ1) is 12.7. The number of aromatic nitrogens is 2. The Morgan fingerprint density at radius 2 is 2.04 bits per heavy atom. The molecule has 0 spiro atoms. The van der Waals surface area contributed by atoms with Gasteiger partial charge in [0.1, 0.15) is 5.82 Å². The second-order valence-electron chi connectivity index (χ2n) is 6.16. The molecule has 2 N–H and O–H groups in total. The average molecular weight is 372 g/mol. The number of amides is 1. The Kier molecular flexibility index (Phi) is 6.26. The number of rotatable bonds is 8. The fraction of sp³-hybridized carbons (Fsp3) is 0.300. The van der Waals surface area contributed by atoms with Crippen molar-refractivity contribution in [3.8, 4) is 0 Å². The van der Waals surface area contributed by atoms with Gasteiger partial charge in [-0.1, -0.05) is 35.9 Å². The van der Waals surface area contributed by atoms with Crippen molar-refractivity contribution >= 4 is 28.5 Å². The minimum Gasteiger partial charge on any atom is -0.396 e. The number of carbonyl (C=O) groups excluding carboxylic acids is 1. The van der Waals surface area contributed by atoms with Gasteiger partial charge >= 0.3 is 0 Å². The first kappa shape index (κ1) is 18.4. The fourth-order valence-corrected chi connectivity index (χ4v) is 3.17. The largest absolute Gasteiger partial charge is 0.396 e. The lowest BCUT2D eigenvalue weighted by atomic mass is 10.2. The Morgan fingerprint density at radius 3 is 2.85 bits per heavy atom. The number of carbonyl (C=O) groups is 1. The number of imidazole rings is 1. The molecule has 0 aliphatic heterocycles. The number of para-hydroxylation sites is 2. The van der Waals surface area contributed by atoms with Gasteiger partial charge in [0.15, 0.2) is 0 Å². The molecule has 1 heterocycles. The lowest BCUT2D eigenvalue weighted by molar-refractivity contribution is -0.121. The summed E-state index contributed by atoms with van der Waals surface area (Å²) in [5.74, 6) is 0.880. The topological polar surface area (TPSA) is 67.2 Å². The summed E-state index contributed by atoms with van der Waals surface area (Å²) in [4.78, 5) is 16.4. The third-order valence-corrected chi connectivity index (χ3v) is 4.43. The minimum absolute atomic E-state index is 0.0306. The number of nitrogens with one attached hydrogen (secondary N) is 1. The number of nitrogens with zero attached hydrogens (tertiary/aromatic N) is 2. The van der Waals surface area contributed by atoms with Crippen LogP contribution in [0.1, 0.15) is 24.2 Å². The van der Waals surface area contributed by atoms with Gasteiger partial charge in [0, 0.05) is 37.6 Å². The zero-order valence-electron chi connectivity index (χ0n) is 14.5. The van der Waals surface area contributed by atoms with Crippen molar-refractivity contribution in [2.45, 2.75) is 25.8 Å². The number of fused-ring (bicyclic) bond motifs is 1. The van der Waals surface area contributed by atoms with E-state index in [0.717, 1.165) is 22.4 Å². The van der Waals surface area contributed by atoms with E-state index in [1.807, 2.05) is 42.5 Å². The standard InChI is InChI=1S/C20H22ClN3O2/c21-16-6-3-5-15(13-16)14-24-18-8-2-1-7-17(18)23-19(24)10-11-22-20(26)9-4-12-25/h1-3,5-8,13,25H,4,9-12,14H2,(H,22,26). The van der Waals surface area contributed by atoms with Crippen molar-refractivity contribution in [1.82, 2.24) is 14.9 Å². The summed E-state index contributed by atoms with van der Waals surface area (Å²) >= 11 is 6.11. The Bertz CT molecular complexity index is 892. The molecule has 0 radical (unpaired) electrons. The van der Waals surface area contributed by atoms with Crippen LogP contribution in [0.5, 0.6) is 0 Å². The molecule has 5 nitrogen and oxygen atoms in total. The van der Waals surface area contributed by atoms with Gasteiger partial charge in [-0.05, 0) is 36.2 Å². The van der Waals surface area contributed by atoms with Crippen LogP contribution >= 0.6 is 11.6 Å². The van der Waals surface area contributed by atoms with Crippen molar-refractivity contribution in [1.29, 1.82) is 0 Å². The summed E-state index contributed by atoms with van der Waals surface area (Å²) in [5.41, 5.74) is 3.11. The molecule has 0 aliphatic rings. The molecule has 0 unspecified atom stereocenters. The first-order valence-corrected chi connectivity index (χ1v) is 9.11. The molecule has 3 aromatic rings. The van der Waals surface area contributed by atoms with Gasteiger partial charge < -0.3 is 15.0 Å². The van der Waals surface area contributed by atoms with Crippen molar-refractivity contribution in [2.75, 3.05) is 13.2 Å². The highest BCUT2D eigenvalue weighted by Crippen LogP contribution is 2.19. The molecular formula is C20H22ClN3O2. The van der Waals surface area contributed by atoms with Crippen LogP contribution in [0.4, 0.5) is 0 Å². The molecule has 3 rings (SSSR count). The van der Waals surface area contributed by atoms with Crippen molar-refractivity contribution in [2.24, 2.45) is 0 Å². The fourth-order valence-electron chi connectivity index (χ4n) is 2.95. The Morgan fingerprint density at radius 1 is 1.19 bits per heavy atom. The Labute approximate surface area is 157 Å². The van der Waals surface area contributed by atoms with Crippen molar-refractivity contribution in [3.05, 3.63) is 64.9 Å². The predicted octanol–water partition coefficient (Wildman–Crippen LogP) is 3.17. The van der Waals surface area contributed by atoms with Crippen LogP contribution in [0, 0.1) is 0 Å². The second-order valence-corrected chi connectivity index (χ2v) is 6.60. The Hall–Kier alpha value is -2.37.